The fourth-order valence-electron chi connectivity index (χ4n) is 2.09. The van der Waals surface area contributed by atoms with E-state index in [1.807, 2.05) is 12.1 Å². The van der Waals surface area contributed by atoms with Crippen LogP contribution in [0.3, 0.4) is 0 Å². The van der Waals surface area contributed by atoms with Crippen LogP contribution < -0.4 is 10.1 Å². The molecule has 0 radical (unpaired) electrons. The van der Waals surface area contributed by atoms with Gasteiger partial charge in [-0.2, -0.15) is 0 Å². The Hall–Kier alpha value is -0.580. The highest BCUT2D eigenvalue weighted by atomic mass is 79.9. The largest absolute Gasteiger partial charge is 0.493 e. The maximum Gasteiger partial charge on any atom is 0.123 e. The first-order valence-electron chi connectivity index (χ1n) is 6.83. The fourth-order valence-corrected chi connectivity index (χ4v) is 2.50. The van der Waals surface area contributed by atoms with Gasteiger partial charge in [-0.15, -0.1) is 0 Å². The number of benzene rings is 1. The number of hydrogen-bond acceptors (Lipinski definition) is 3. The number of hydrogen-bond donors (Lipinski definition) is 1. The zero-order valence-electron chi connectivity index (χ0n) is 11.7. The molecule has 1 saturated heterocycles. The van der Waals surface area contributed by atoms with Crippen molar-refractivity contribution < 1.29 is 9.47 Å². The number of rotatable bonds is 7. The minimum atomic E-state index is 0.302. The van der Waals surface area contributed by atoms with Crippen LogP contribution in [0.4, 0.5) is 0 Å². The summed E-state index contributed by atoms with van der Waals surface area (Å²) in [6, 6.07) is 6.18. The van der Waals surface area contributed by atoms with Gasteiger partial charge < -0.3 is 14.8 Å². The van der Waals surface area contributed by atoms with E-state index < -0.39 is 0 Å². The van der Waals surface area contributed by atoms with Gasteiger partial charge in [0.25, 0.3) is 0 Å². The van der Waals surface area contributed by atoms with Crippen molar-refractivity contribution in [1.29, 1.82) is 0 Å². The number of nitrogens with one attached hydrogen (secondary N) is 1. The Kier molecular flexibility index (Phi) is 5.25. The molecule has 1 fully saturated rings. The predicted octanol–water partition coefficient (Wildman–Crippen LogP) is 3.36. The van der Waals surface area contributed by atoms with Crippen molar-refractivity contribution in [3.63, 3.8) is 0 Å². The number of halogens is 1. The van der Waals surface area contributed by atoms with Crippen LogP contribution in [0.25, 0.3) is 0 Å². The van der Waals surface area contributed by atoms with Crippen LogP contribution in [0, 0.1) is 5.41 Å². The molecule has 2 rings (SSSR count). The molecule has 106 valence electrons. The molecule has 0 bridgehead atoms. The molecule has 0 unspecified atom stereocenters. The Balaban J connectivity index is 1.91. The van der Waals surface area contributed by atoms with Crippen LogP contribution in [0.15, 0.2) is 22.7 Å². The molecule has 1 aliphatic heterocycles. The molecule has 1 aromatic rings. The molecule has 19 heavy (non-hydrogen) atoms. The van der Waals surface area contributed by atoms with Crippen molar-refractivity contribution >= 4 is 15.9 Å². The van der Waals surface area contributed by atoms with Gasteiger partial charge in [0.05, 0.1) is 19.8 Å². The fraction of sp³-hybridized carbons (Fsp3) is 0.600. The lowest BCUT2D eigenvalue weighted by Crippen LogP contribution is -2.47. The lowest BCUT2D eigenvalue weighted by molar-refractivity contribution is -0.0991. The topological polar surface area (TPSA) is 30.5 Å². The van der Waals surface area contributed by atoms with Gasteiger partial charge in [-0.25, -0.2) is 0 Å². The first-order chi connectivity index (χ1) is 9.13. The highest BCUT2D eigenvalue weighted by Gasteiger charge is 2.32. The van der Waals surface area contributed by atoms with Crippen LogP contribution in [0.5, 0.6) is 5.75 Å². The molecule has 1 heterocycles. The monoisotopic (exact) mass is 327 g/mol. The lowest BCUT2D eigenvalue weighted by Gasteiger charge is -2.38. The highest BCUT2D eigenvalue weighted by molar-refractivity contribution is 9.10. The summed E-state index contributed by atoms with van der Waals surface area (Å²) in [5.41, 5.74) is 1.50. The van der Waals surface area contributed by atoms with E-state index >= 15 is 0 Å². The first kappa shape index (κ1) is 14.8. The Morgan fingerprint density at radius 2 is 2.21 bits per heavy atom. The summed E-state index contributed by atoms with van der Waals surface area (Å²) in [6.45, 7) is 8.66. The van der Waals surface area contributed by atoms with Crippen LogP contribution in [-0.4, -0.2) is 26.4 Å². The van der Waals surface area contributed by atoms with E-state index in [4.69, 9.17) is 9.47 Å². The Labute approximate surface area is 123 Å². The zero-order chi connectivity index (χ0) is 13.7. The molecule has 3 nitrogen and oxygen atoms in total. The van der Waals surface area contributed by atoms with Crippen molar-refractivity contribution in [1.82, 2.24) is 5.32 Å². The molecule has 0 saturated carbocycles. The Morgan fingerprint density at radius 3 is 2.84 bits per heavy atom. The molecule has 1 aliphatic rings. The zero-order valence-corrected chi connectivity index (χ0v) is 13.3. The molecule has 1 aromatic carbocycles. The quantitative estimate of drug-likeness (QED) is 0.832. The third-order valence-corrected chi connectivity index (χ3v) is 3.75. The second-order valence-corrected chi connectivity index (χ2v) is 6.42. The third-order valence-electron chi connectivity index (χ3n) is 3.25. The molecular formula is C15H22BrNO2. The molecule has 0 spiro atoms. The second kappa shape index (κ2) is 6.73. The summed E-state index contributed by atoms with van der Waals surface area (Å²) in [6.07, 6.45) is 1.03. The van der Waals surface area contributed by atoms with Crippen molar-refractivity contribution in [2.24, 2.45) is 5.41 Å². The van der Waals surface area contributed by atoms with Gasteiger partial charge >= 0.3 is 0 Å². The van der Waals surface area contributed by atoms with Gasteiger partial charge in [0.15, 0.2) is 0 Å². The van der Waals surface area contributed by atoms with E-state index in [2.05, 4.69) is 41.2 Å². The van der Waals surface area contributed by atoms with Gasteiger partial charge in [0.2, 0.25) is 0 Å². The molecule has 0 aromatic heterocycles. The molecular weight excluding hydrogens is 306 g/mol. The standard InChI is InChI=1S/C15H22BrNO2/c1-3-6-19-14-5-4-13(16)7-12(14)8-17-9-15(2)10-18-11-15/h4-5,7,17H,3,6,8-11H2,1-2H3. The van der Waals surface area contributed by atoms with Gasteiger partial charge in [-0.1, -0.05) is 29.8 Å². The van der Waals surface area contributed by atoms with E-state index in [1.165, 1.54) is 5.56 Å². The smallest absolute Gasteiger partial charge is 0.123 e. The van der Waals surface area contributed by atoms with Crippen molar-refractivity contribution in [2.45, 2.75) is 26.8 Å². The van der Waals surface area contributed by atoms with Gasteiger partial charge in [0.1, 0.15) is 5.75 Å². The molecule has 4 heteroatoms. The Morgan fingerprint density at radius 1 is 1.42 bits per heavy atom. The van der Waals surface area contributed by atoms with E-state index in [0.29, 0.717) is 5.41 Å². The summed E-state index contributed by atoms with van der Waals surface area (Å²) < 4.78 is 12.1. The molecule has 0 amide bonds. The second-order valence-electron chi connectivity index (χ2n) is 5.51. The highest BCUT2D eigenvalue weighted by Crippen LogP contribution is 2.26. The van der Waals surface area contributed by atoms with Gasteiger partial charge in [0, 0.05) is 28.5 Å². The SMILES string of the molecule is CCCOc1ccc(Br)cc1CNCC1(C)COC1. The maximum absolute atomic E-state index is 5.78. The predicted molar refractivity (Wildman–Crippen MR) is 80.6 cm³/mol. The number of ether oxygens (including phenoxy) is 2. The van der Waals surface area contributed by atoms with E-state index in [9.17, 15) is 0 Å². The third kappa shape index (κ3) is 4.20. The van der Waals surface area contributed by atoms with Crippen molar-refractivity contribution in [3.05, 3.63) is 28.2 Å². The normalized spacial score (nSPS) is 17.0. The van der Waals surface area contributed by atoms with Crippen LogP contribution in [0.1, 0.15) is 25.8 Å². The Bertz CT molecular complexity index is 419. The van der Waals surface area contributed by atoms with Gasteiger partial charge in [-0.3, -0.25) is 0 Å². The van der Waals surface area contributed by atoms with E-state index in [0.717, 1.165) is 49.6 Å². The maximum atomic E-state index is 5.78. The van der Waals surface area contributed by atoms with Crippen molar-refractivity contribution in [3.8, 4) is 5.75 Å². The minimum absolute atomic E-state index is 0.302. The van der Waals surface area contributed by atoms with E-state index in [1.54, 1.807) is 0 Å². The van der Waals surface area contributed by atoms with Crippen LogP contribution >= 0.6 is 15.9 Å². The average Bonchev–Trinajstić information content (AvgIpc) is 2.36. The summed E-state index contributed by atoms with van der Waals surface area (Å²) in [4.78, 5) is 0. The van der Waals surface area contributed by atoms with Crippen LogP contribution in [-0.2, 0) is 11.3 Å². The molecule has 1 N–H and O–H groups in total. The van der Waals surface area contributed by atoms with Crippen LogP contribution in [0.2, 0.25) is 0 Å². The summed E-state index contributed by atoms with van der Waals surface area (Å²) in [5.74, 6) is 0.979. The van der Waals surface area contributed by atoms with Crippen molar-refractivity contribution in [2.75, 3.05) is 26.4 Å². The molecule has 0 aliphatic carbocycles. The summed E-state index contributed by atoms with van der Waals surface area (Å²) in [5, 5.41) is 3.51. The van der Waals surface area contributed by atoms with E-state index in [-0.39, 0.29) is 0 Å². The average molecular weight is 328 g/mol. The minimum Gasteiger partial charge on any atom is -0.493 e. The summed E-state index contributed by atoms with van der Waals surface area (Å²) >= 11 is 3.52. The molecule has 0 atom stereocenters. The summed E-state index contributed by atoms with van der Waals surface area (Å²) in [7, 11) is 0. The lowest BCUT2D eigenvalue weighted by atomic mass is 9.89. The first-order valence-corrected chi connectivity index (χ1v) is 7.62. The van der Waals surface area contributed by atoms with Gasteiger partial charge in [-0.05, 0) is 24.6 Å².